The molecule has 0 aliphatic heterocycles. The third-order valence-electron chi connectivity index (χ3n) is 1.17. The van der Waals surface area contributed by atoms with Gasteiger partial charge in [0.15, 0.2) is 0 Å². The highest BCUT2D eigenvalue weighted by molar-refractivity contribution is 14.1. The van der Waals surface area contributed by atoms with Crippen molar-refractivity contribution in [1.29, 1.82) is 0 Å². The van der Waals surface area contributed by atoms with E-state index < -0.39 is 0 Å². The number of hydrogen-bond donors (Lipinski definition) is 1. The highest BCUT2D eigenvalue weighted by Crippen LogP contribution is 2.00. The van der Waals surface area contributed by atoms with Gasteiger partial charge in [0, 0.05) is 28.9 Å². The van der Waals surface area contributed by atoms with Crippen molar-refractivity contribution in [3.05, 3.63) is 0 Å². The molecular formula is C5H12IN. The zero-order valence-electron chi connectivity index (χ0n) is 5.03. The molecule has 44 valence electrons. The largest absolute Gasteiger partial charge is 0.258 e. The molecule has 0 radical (unpaired) electrons. The molecule has 0 aliphatic carbocycles. The Balaban J connectivity index is 3.14. The van der Waals surface area contributed by atoms with E-state index in [0.717, 1.165) is 5.92 Å². The van der Waals surface area contributed by atoms with E-state index in [1.165, 1.54) is 0 Å². The van der Waals surface area contributed by atoms with Gasteiger partial charge in [-0.1, -0.05) is 13.8 Å². The fourth-order valence-corrected chi connectivity index (χ4v) is 0.845. The summed E-state index contributed by atoms with van der Waals surface area (Å²) in [5.41, 5.74) is 0. The zero-order valence-corrected chi connectivity index (χ0v) is 7.19. The van der Waals surface area contributed by atoms with Crippen LogP contribution in [0.25, 0.3) is 0 Å². The van der Waals surface area contributed by atoms with Crippen molar-refractivity contribution in [2.75, 3.05) is 0 Å². The van der Waals surface area contributed by atoms with Crippen LogP contribution in [0.4, 0.5) is 0 Å². The minimum absolute atomic E-state index is 0.639. The minimum Gasteiger partial charge on any atom is -0.258 e. The highest BCUT2D eigenvalue weighted by atomic mass is 127. The van der Waals surface area contributed by atoms with Crippen LogP contribution >= 0.6 is 22.9 Å². The number of nitrogens with one attached hydrogen (secondary N) is 1. The van der Waals surface area contributed by atoms with Crippen molar-refractivity contribution in [1.82, 2.24) is 3.53 Å². The van der Waals surface area contributed by atoms with Crippen molar-refractivity contribution >= 4 is 22.9 Å². The van der Waals surface area contributed by atoms with E-state index in [4.69, 9.17) is 0 Å². The van der Waals surface area contributed by atoms with Crippen LogP contribution in [0.2, 0.25) is 0 Å². The Morgan fingerprint density at radius 2 is 1.71 bits per heavy atom. The Labute approximate surface area is 59.4 Å². The molecule has 7 heavy (non-hydrogen) atoms. The van der Waals surface area contributed by atoms with Crippen molar-refractivity contribution in [2.45, 2.75) is 26.8 Å². The molecule has 1 N–H and O–H groups in total. The molecule has 0 aliphatic rings. The average molecular weight is 213 g/mol. The zero-order chi connectivity index (χ0) is 5.86. The van der Waals surface area contributed by atoms with Crippen molar-refractivity contribution in [3.63, 3.8) is 0 Å². The summed E-state index contributed by atoms with van der Waals surface area (Å²) in [6, 6.07) is 0.639. The van der Waals surface area contributed by atoms with Gasteiger partial charge in [-0.25, -0.2) is 0 Å². The highest BCUT2D eigenvalue weighted by Gasteiger charge is 2.01. The van der Waals surface area contributed by atoms with Gasteiger partial charge in [0.1, 0.15) is 0 Å². The molecule has 0 fully saturated rings. The van der Waals surface area contributed by atoms with Gasteiger partial charge in [-0.15, -0.1) is 0 Å². The van der Waals surface area contributed by atoms with Crippen LogP contribution in [0.1, 0.15) is 20.8 Å². The van der Waals surface area contributed by atoms with Crippen LogP contribution in [-0.4, -0.2) is 6.04 Å². The van der Waals surface area contributed by atoms with Gasteiger partial charge in [0.2, 0.25) is 0 Å². The summed E-state index contributed by atoms with van der Waals surface area (Å²) in [7, 11) is 0. The van der Waals surface area contributed by atoms with Crippen LogP contribution in [0.15, 0.2) is 0 Å². The molecule has 1 unspecified atom stereocenters. The van der Waals surface area contributed by atoms with Crippen molar-refractivity contribution in [2.24, 2.45) is 5.92 Å². The maximum absolute atomic E-state index is 3.13. The molecule has 0 saturated heterocycles. The maximum Gasteiger partial charge on any atom is 0.0172 e. The Kier molecular flexibility index (Phi) is 4.02. The number of rotatable bonds is 2. The third kappa shape index (κ3) is 3.29. The molecule has 2 heteroatoms. The van der Waals surface area contributed by atoms with E-state index in [1.54, 1.807) is 0 Å². The Morgan fingerprint density at radius 3 is 1.71 bits per heavy atom. The number of hydrogen-bond acceptors (Lipinski definition) is 1. The standard InChI is InChI=1S/C5H12IN/c1-4(2)5(3)7-6/h4-5,7H,1-3H3. The minimum atomic E-state index is 0.639. The summed E-state index contributed by atoms with van der Waals surface area (Å²) in [5, 5.41) is 0. The second-order valence-electron chi connectivity index (χ2n) is 2.14. The lowest BCUT2D eigenvalue weighted by atomic mass is 10.1. The molecule has 0 aromatic rings. The van der Waals surface area contributed by atoms with Gasteiger partial charge >= 0.3 is 0 Å². The van der Waals surface area contributed by atoms with Crippen LogP contribution in [0.5, 0.6) is 0 Å². The Hall–Kier alpha value is 0.690. The van der Waals surface area contributed by atoms with E-state index in [0.29, 0.717) is 6.04 Å². The van der Waals surface area contributed by atoms with Gasteiger partial charge in [-0.3, -0.25) is 3.53 Å². The van der Waals surface area contributed by atoms with Crippen LogP contribution in [0, 0.1) is 5.92 Å². The Bertz CT molecular complexity index is 45.3. The van der Waals surface area contributed by atoms with Crippen LogP contribution in [-0.2, 0) is 0 Å². The molecule has 0 saturated carbocycles. The lowest BCUT2D eigenvalue weighted by molar-refractivity contribution is 0.512. The summed E-state index contributed by atoms with van der Waals surface area (Å²) >= 11 is 2.18. The molecular weight excluding hydrogens is 201 g/mol. The van der Waals surface area contributed by atoms with E-state index in [1.807, 2.05) is 0 Å². The third-order valence-corrected chi connectivity index (χ3v) is 2.15. The van der Waals surface area contributed by atoms with E-state index >= 15 is 0 Å². The summed E-state index contributed by atoms with van der Waals surface area (Å²) in [4.78, 5) is 0. The van der Waals surface area contributed by atoms with Crippen LogP contribution in [0.3, 0.4) is 0 Å². The second kappa shape index (κ2) is 3.66. The quantitative estimate of drug-likeness (QED) is 0.546. The molecule has 0 amide bonds. The molecule has 0 heterocycles. The lowest BCUT2D eigenvalue weighted by Gasteiger charge is -2.11. The summed E-state index contributed by atoms with van der Waals surface area (Å²) in [6.07, 6.45) is 0. The second-order valence-corrected chi connectivity index (χ2v) is 2.76. The predicted molar refractivity (Wildman–Crippen MR) is 41.5 cm³/mol. The van der Waals surface area contributed by atoms with E-state index in [2.05, 4.69) is 47.2 Å². The Morgan fingerprint density at radius 1 is 1.29 bits per heavy atom. The summed E-state index contributed by atoms with van der Waals surface area (Å²) < 4.78 is 3.13. The first-order chi connectivity index (χ1) is 3.18. The molecule has 0 aromatic heterocycles. The first kappa shape index (κ1) is 7.69. The first-order valence-electron chi connectivity index (χ1n) is 2.54. The summed E-state index contributed by atoms with van der Waals surface area (Å²) in [6.45, 7) is 6.59. The first-order valence-corrected chi connectivity index (χ1v) is 3.62. The fourth-order valence-electron chi connectivity index (χ4n) is 0.126. The maximum atomic E-state index is 3.13. The monoisotopic (exact) mass is 213 g/mol. The fraction of sp³-hybridized carbons (Fsp3) is 1.00. The molecule has 0 spiro atoms. The summed E-state index contributed by atoms with van der Waals surface area (Å²) in [5.74, 6) is 0.747. The molecule has 0 rings (SSSR count). The predicted octanol–water partition coefficient (Wildman–Crippen LogP) is 1.97. The van der Waals surface area contributed by atoms with Crippen molar-refractivity contribution < 1.29 is 0 Å². The normalized spacial score (nSPS) is 15.0. The van der Waals surface area contributed by atoms with Gasteiger partial charge in [0.25, 0.3) is 0 Å². The lowest BCUT2D eigenvalue weighted by Crippen LogP contribution is -2.21. The van der Waals surface area contributed by atoms with E-state index in [9.17, 15) is 0 Å². The molecule has 0 aromatic carbocycles. The van der Waals surface area contributed by atoms with E-state index in [-0.39, 0.29) is 0 Å². The van der Waals surface area contributed by atoms with Gasteiger partial charge < -0.3 is 0 Å². The van der Waals surface area contributed by atoms with Gasteiger partial charge in [0.05, 0.1) is 0 Å². The van der Waals surface area contributed by atoms with Crippen molar-refractivity contribution in [3.8, 4) is 0 Å². The van der Waals surface area contributed by atoms with Crippen LogP contribution < -0.4 is 3.53 Å². The average Bonchev–Trinajstić information content (AvgIpc) is 1.65. The number of halogens is 1. The smallest absolute Gasteiger partial charge is 0.0172 e. The van der Waals surface area contributed by atoms with Gasteiger partial charge in [-0.2, -0.15) is 0 Å². The SMILES string of the molecule is CC(C)C(C)NI. The molecule has 0 bridgehead atoms. The molecule has 1 atom stereocenters. The van der Waals surface area contributed by atoms with Gasteiger partial charge in [-0.05, 0) is 12.8 Å². The molecule has 1 nitrogen and oxygen atoms in total. The topological polar surface area (TPSA) is 12.0 Å².